The van der Waals surface area contributed by atoms with Gasteiger partial charge in [0.05, 0.1) is 0 Å². The van der Waals surface area contributed by atoms with Gasteiger partial charge in [0.25, 0.3) is 5.91 Å². The number of rotatable bonds is 1. The topological polar surface area (TPSA) is 41.1 Å². The third-order valence-corrected chi connectivity index (χ3v) is 1.63. The smallest absolute Gasteiger partial charge is 0.296 e. The van der Waals surface area contributed by atoms with E-state index in [2.05, 4.69) is 22.5 Å². The summed E-state index contributed by atoms with van der Waals surface area (Å²) in [6.45, 7) is 3.52. The first-order valence-corrected chi connectivity index (χ1v) is 3.77. The van der Waals surface area contributed by atoms with Gasteiger partial charge in [0, 0.05) is 12.6 Å². The van der Waals surface area contributed by atoms with Gasteiger partial charge in [-0.1, -0.05) is 5.92 Å². The quantitative estimate of drug-likeness (QED) is 0.497. The fourth-order valence-corrected chi connectivity index (χ4v) is 1.11. The van der Waals surface area contributed by atoms with Crippen LogP contribution in [0.3, 0.4) is 0 Å². The normalized spacial score (nSPS) is 22.1. The Morgan fingerprint density at radius 2 is 2.55 bits per heavy atom. The molecule has 0 radical (unpaired) electrons. The highest BCUT2D eigenvalue weighted by Gasteiger charge is 2.14. The van der Waals surface area contributed by atoms with E-state index in [0.29, 0.717) is 0 Å². The van der Waals surface area contributed by atoms with Crippen molar-refractivity contribution in [1.29, 1.82) is 0 Å². The van der Waals surface area contributed by atoms with E-state index >= 15 is 0 Å². The summed E-state index contributed by atoms with van der Waals surface area (Å²) < 4.78 is 0. The summed E-state index contributed by atoms with van der Waals surface area (Å²) in [6, 6.07) is 0.281. The monoisotopic (exact) mass is 152 g/mol. The van der Waals surface area contributed by atoms with Gasteiger partial charge in [-0.2, -0.15) is 0 Å². The van der Waals surface area contributed by atoms with Crippen LogP contribution in [0.15, 0.2) is 0 Å². The SMILES string of the molecule is CC#CC(=O)N[C@@H]1CCNC1. The molecular weight excluding hydrogens is 140 g/mol. The standard InChI is InChI=1S/C8H12N2O/c1-2-3-8(11)10-7-4-5-9-6-7/h7,9H,4-6H2,1H3,(H,10,11)/t7-/m1/s1. The van der Waals surface area contributed by atoms with Crippen LogP contribution in [0.5, 0.6) is 0 Å². The Balaban J connectivity index is 2.27. The van der Waals surface area contributed by atoms with Crippen LogP contribution in [0.1, 0.15) is 13.3 Å². The van der Waals surface area contributed by atoms with Crippen molar-refractivity contribution in [1.82, 2.24) is 10.6 Å². The third kappa shape index (κ3) is 2.60. The van der Waals surface area contributed by atoms with Gasteiger partial charge < -0.3 is 10.6 Å². The van der Waals surface area contributed by atoms with E-state index in [-0.39, 0.29) is 11.9 Å². The molecule has 1 rings (SSSR count). The lowest BCUT2D eigenvalue weighted by Gasteiger charge is -2.06. The van der Waals surface area contributed by atoms with Crippen molar-refractivity contribution in [3.63, 3.8) is 0 Å². The first kappa shape index (κ1) is 8.09. The van der Waals surface area contributed by atoms with Crippen molar-refractivity contribution < 1.29 is 4.79 Å². The summed E-state index contributed by atoms with van der Waals surface area (Å²) in [5.41, 5.74) is 0. The number of nitrogens with one attached hydrogen (secondary N) is 2. The first-order chi connectivity index (χ1) is 5.33. The number of amides is 1. The lowest BCUT2D eigenvalue weighted by atomic mass is 10.2. The van der Waals surface area contributed by atoms with Gasteiger partial charge >= 0.3 is 0 Å². The summed E-state index contributed by atoms with van der Waals surface area (Å²) in [5.74, 6) is 4.84. The number of hydrogen-bond acceptors (Lipinski definition) is 2. The molecular formula is C8H12N2O. The highest BCUT2D eigenvalue weighted by Crippen LogP contribution is 1.95. The molecule has 2 N–H and O–H groups in total. The van der Waals surface area contributed by atoms with Crippen molar-refractivity contribution in [3.8, 4) is 11.8 Å². The summed E-state index contributed by atoms with van der Waals surface area (Å²) >= 11 is 0. The molecule has 1 aliphatic heterocycles. The minimum absolute atomic E-state index is 0.166. The van der Waals surface area contributed by atoms with E-state index in [1.165, 1.54) is 0 Å². The average molecular weight is 152 g/mol. The minimum Gasteiger partial charge on any atom is -0.341 e. The van der Waals surface area contributed by atoms with E-state index in [1.54, 1.807) is 6.92 Å². The molecule has 1 fully saturated rings. The van der Waals surface area contributed by atoms with Crippen LogP contribution in [0.4, 0.5) is 0 Å². The van der Waals surface area contributed by atoms with Crippen LogP contribution in [0.2, 0.25) is 0 Å². The molecule has 0 unspecified atom stereocenters. The van der Waals surface area contributed by atoms with Crippen molar-refractivity contribution in [2.75, 3.05) is 13.1 Å². The maximum atomic E-state index is 10.9. The molecule has 0 saturated carbocycles. The van der Waals surface area contributed by atoms with E-state index in [4.69, 9.17) is 0 Å². The molecule has 1 atom stereocenters. The number of hydrogen-bond donors (Lipinski definition) is 2. The Labute approximate surface area is 66.5 Å². The fraction of sp³-hybridized carbons (Fsp3) is 0.625. The molecule has 1 heterocycles. The van der Waals surface area contributed by atoms with Crippen LogP contribution in [0.25, 0.3) is 0 Å². The molecule has 1 saturated heterocycles. The molecule has 0 aromatic rings. The molecule has 3 nitrogen and oxygen atoms in total. The van der Waals surface area contributed by atoms with E-state index in [0.717, 1.165) is 19.5 Å². The zero-order valence-electron chi connectivity index (χ0n) is 6.61. The van der Waals surface area contributed by atoms with Gasteiger partial charge in [-0.15, -0.1) is 0 Å². The predicted molar refractivity (Wildman–Crippen MR) is 42.9 cm³/mol. The minimum atomic E-state index is -0.166. The summed E-state index contributed by atoms with van der Waals surface area (Å²) in [4.78, 5) is 10.9. The van der Waals surface area contributed by atoms with E-state index < -0.39 is 0 Å². The van der Waals surface area contributed by atoms with Gasteiger partial charge in [-0.25, -0.2) is 0 Å². The molecule has 11 heavy (non-hydrogen) atoms. The zero-order valence-corrected chi connectivity index (χ0v) is 6.61. The van der Waals surface area contributed by atoms with Gasteiger partial charge in [0.1, 0.15) is 0 Å². The third-order valence-electron chi connectivity index (χ3n) is 1.63. The Morgan fingerprint density at radius 1 is 1.73 bits per heavy atom. The van der Waals surface area contributed by atoms with E-state index in [9.17, 15) is 4.79 Å². The maximum absolute atomic E-state index is 10.9. The van der Waals surface area contributed by atoms with Crippen LogP contribution in [-0.4, -0.2) is 25.0 Å². The van der Waals surface area contributed by atoms with Crippen LogP contribution < -0.4 is 10.6 Å². The van der Waals surface area contributed by atoms with Gasteiger partial charge in [-0.05, 0) is 25.8 Å². The second-order valence-corrected chi connectivity index (χ2v) is 2.54. The van der Waals surface area contributed by atoms with Crippen LogP contribution in [-0.2, 0) is 4.79 Å². The predicted octanol–water partition coefficient (Wildman–Crippen LogP) is -0.512. The number of carbonyl (C=O) groups is 1. The van der Waals surface area contributed by atoms with Crippen LogP contribution >= 0.6 is 0 Å². The Hall–Kier alpha value is -1.01. The zero-order chi connectivity index (χ0) is 8.10. The highest BCUT2D eigenvalue weighted by molar-refractivity contribution is 5.93. The Bertz CT molecular complexity index is 196. The molecule has 60 valence electrons. The van der Waals surface area contributed by atoms with Gasteiger partial charge in [0.2, 0.25) is 0 Å². The molecule has 0 bridgehead atoms. The molecule has 1 aliphatic rings. The van der Waals surface area contributed by atoms with E-state index in [1.807, 2.05) is 0 Å². The molecule has 3 heteroatoms. The molecule has 1 amide bonds. The maximum Gasteiger partial charge on any atom is 0.296 e. The summed E-state index contributed by atoms with van der Waals surface area (Å²) in [6.07, 6.45) is 1.01. The summed E-state index contributed by atoms with van der Waals surface area (Å²) in [5, 5.41) is 5.96. The van der Waals surface area contributed by atoms with Gasteiger partial charge in [-0.3, -0.25) is 4.79 Å². The summed E-state index contributed by atoms with van der Waals surface area (Å²) in [7, 11) is 0. The molecule has 0 aromatic carbocycles. The fourth-order valence-electron chi connectivity index (χ4n) is 1.11. The van der Waals surface area contributed by atoms with Crippen molar-refractivity contribution >= 4 is 5.91 Å². The Kier molecular flexibility index (Phi) is 2.94. The highest BCUT2D eigenvalue weighted by atomic mass is 16.1. The molecule has 0 aromatic heterocycles. The second-order valence-electron chi connectivity index (χ2n) is 2.54. The van der Waals surface area contributed by atoms with Crippen molar-refractivity contribution in [2.45, 2.75) is 19.4 Å². The number of carbonyl (C=O) groups excluding carboxylic acids is 1. The average Bonchev–Trinajstić information content (AvgIpc) is 2.40. The molecule has 0 spiro atoms. The lowest BCUT2D eigenvalue weighted by Crippen LogP contribution is -2.35. The first-order valence-electron chi connectivity index (χ1n) is 3.77. The van der Waals surface area contributed by atoms with Crippen LogP contribution in [0, 0.1) is 11.8 Å². The second kappa shape index (κ2) is 3.99. The van der Waals surface area contributed by atoms with Crippen molar-refractivity contribution in [3.05, 3.63) is 0 Å². The van der Waals surface area contributed by atoms with Crippen molar-refractivity contribution in [2.24, 2.45) is 0 Å². The Morgan fingerprint density at radius 3 is 3.09 bits per heavy atom. The lowest BCUT2D eigenvalue weighted by molar-refractivity contribution is -0.116. The molecule has 0 aliphatic carbocycles. The van der Waals surface area contributed by atoms with Gasteiger partial charge in [0.15, 0.2) is 0 Å². The largest absolute Gasteiger partial charge is 0.341 e.